The fourth-order valence-electron chi connectivity index (χ4n) is 3.73. The van der Waals surface area contributed by atoms with E-state index in [0.717, 1.165) is 28.0 Å². The number of benzene rings is 4. The molecule has 4 nitrogen and oxygen atoms in total. The second-order valence-electron chi connectivity index (χ2n) is 7.25. The van der Waals surface area contributed by atoms with Crippen LogP contribution >= 0.6 is 23.4 Å². The van der Waals surface area contributed by atoms with Gasteiger partial charge in [0, 0.05) is 11.3 Å². The van der Waals surface area contributed by atoms with Gasteiger partial charge in [-0.2, -0.15) is 0 Å². The maximum atomic E-state index is 6.45. The highest BCUT2D eigenvalue weighted by atomic mass is 35.5. The van der Waals surface area contributed by atoms with E-state index in [4.69, 9.17) is 16.3 Å². The average molecular weight is 458 g/mol. The molecular weight excluding hydrogens is 438 g/mol. The molecule has 0 fully saturated rings. The zero-order chi connectivity index (χ0) is 21.9. The summed E-state index contributed by atoms with van der Waals surface area (Å²) in [5.41, 5.74) is 3.14. The van der Waals surface area contributed by atoms with Crippen molar-refractivity contribution < 1.29 is 4.74 Å². The molecule has 0 aliphatic carbocycles. The van der Waals surface area contributed by atoms with E-state index in [0.29, 0.717) is 10.8 Å². The summed E-state index contributed by atoms with van der Waals surface area (Å²) in [5, 5.41) is 12.9. The molecule has 32 heavy (non-hydrogen) atoms. The third-order valence-corrected chi connectivity index (χ3v) is 6.57. The Morgan fingerprint density at radius 1 is 0.875 bits per heavy atom. The van der Waals surface area contributed by atoms with E-state index in [-0.39, 0.29) is 0 Å². The molecule has 0 unspecified atom stereocenters. The van der Waals surface area contributed by atoms with Gasteiger partial charge in [-0.05, 0) is 34.5 Å². The third kappa shape index (κ3) is 3.97. The molecule has 0 saturated carbocycles. The Bertz CT molecular complexity index is 1380. The number of nitrogens with zero attached hydrogens (tertiary/aromatic N) is 3. The van der Waals surface area contributed by atoms with Crippen molar-refractivity contribution in [2.75, 3.05) is 7.11 Å². The molecule has 0 spiro atoms. The fourth-order valence-corrected chi connectivity index (χ4v) is 4.93. The first-order chi connectivity index (χ1) is 15.7. The molecular formula is C26H20ClN3OS. The van der Waals surface area contributed by atoms with Crippen LogP contribution in [0.4, 0.5) is 0 Å². The van der Waals surface area contributed by atoms with E-state index in [9.17, 15) is 0 Å². The predicted molar refractivity (Wildman–Crippen MR) is 132 cm³/mol. The van der Waals surface area contributed by atoms with E-state index in [1.807, 2.05) is 48.5 Å². The Hall–Kier alpha value is -3.28. The van der Waals surface area contributed by atoms with Crippen molar-refractivity contribution >= 4 is 34.1 Å². The van der Waals surface area contributed by atoms with Crippen LogP contribution in [0.5, 0.6) is 5.75 Å². The first-order valence-corrected chi connectivity index (χ1v) is 11.5. The van der Waals surface area contributed by atoms with Gasteiger partial charge >= 0.3 is 0 Å². The minimum absolute atomic E-state index is 0.544. The van der Waals surface area contributed by atoms with Crippen LogP contribution in [0.2, 0.25) is 5.02 Å². The number of ether oxygens (including phenoxy) is 1. The predicted octanol–water partition coefficient (Wildman–Crippen LogP) is 7.04. The largest absolute Gasteiger partial charge is 0.495 e. The summed E-state index contributed by atoms with van der Waals surface area (Å²) in [7, 11) is 1.61. The number of halogens is 1. The first-order valence-electron chi connectivity index (χ1n) is 10.2. The molecule has 0 N–H and O–H groups in total. The first kappa shape index (κ1) is 20.6. The van der Waals surface area contributed by atoms with Crippen LogP contribution in [0.3, 0.4) is 0 Å². The molecule has 0 aliphatic rings. The van der Waals surface area contributed by atoms with Gasteiger partial charge in [0.1, 0.15) is 5.75 Å². The van der Waals surface area contributed by atoms with E-state index < -0.39 is 0 Å². The lowest BCUT2D eigenvalue weighted by Crippen LogP contribution is -2.00. The molecule has 1 heterocycles. The summed E-state index contributed by atoms with van der Waals surface area (Å²) in [6.45, 7) is 0. The van der Waals surface area contributed by atoms with Gasteiger partial charge in [-0.25, -0.2) is 0 Å². The number of rotatable bonds is 6. The topological polar surface area (TPSA) is 39.9 Å². The number of fused-ring (bicyclic) bond motifs is 1. The molecule has 0 amide bonds. The van der Waals surface area contributed by atoms with Crippen LogP contribution in [0.25, 0.3) is 27.8 Å². The highest BCUT2D eigenvalue weighted by molar-refractivity contribution is 7.98. The fraction of sp³-hybridized carbons (Fsp3) is 0.0769. The number of methoxy groups -OCH3 is 1. The summed E-state index contributed by atoms with van der Waals surface area (Å²) in [4.78, 5) is 0. The molecule has 0 aliphatic heterocycles. The van der Waals surface area contributed by atoms with Gasteiger partial charge < -0.3 is 4.74 Å². The van der Waals surface area contributed by atoms with Crippen LogP contribution in [0.15, 0.2) is 96.2 Å². The van der Waals surface area contributed by atoms with Gasteiger partial charge in [0.15, 0.2) is 11.0 Å². The lowest BCUT2D eigenvalue weighted by Gasteiger charge is -2.13. The highest BCUT2D eigenvalue weighted by Gasteiger charge is 2.17. The van der Waals surface area contributed by atoms with Gasteiger partial charge in [0.25, 0.3) is 0 Å². The molecule has 6 heteroatoms. The van der Waals surface area contributed by atoms with Crippen LogP contribution in [0.1, 0.15) is 5.56 Å². The quantitative estimate of drug-likeness (QED) is 0.256. The number of hydrogen-bond acceptors (Lipinski definition) is 4. The van der Waals surface area contributed by atoms with Crippen molar-refractivity contribution in [2.45, 2.75) is 10.9 Å². The molecule has 0 bridgehead atoms. The molecule has 5 rings (SSSR count). The van der Waals surface area contributed by atoms with Gasteiger partial charge in [-0.3, -0.25) is 4.57 Å². The Morgan fingerprint density at radius 2 is 1.66 bits per heavy atom. The van der Waals surface area contributed by atoms with Crippen molar-refractivity contribution in [1.82, 2.24) is 14.8 Å². The van der Waals surface area contributed by atoms with Crippen LogP contribution in [-0.2, 0) is 5.75 Å². The molecule has 0 radical (unpaired) electrons. The summed E-state index contributed by atoms with van der Waals surface area (Å²) in [6, 6.07) is 30.6. The maximum absolute atomic E-state index is 6.45. The summed E-state index contributed by atoms with van der Waals surface area (Å²) in [5.74, 6) is 2.18. The summed E-state index contributed by atoms with van der Waals surface area (Å²) >= 11 is 8.11. The number of hydrogen-bond donors (Lipinski definition) is 0. The Balaban J connectivity index is 1.56. The molecule has 1 aromatic heterocycles. The van der Waals surface area contributed by atoms with Gasteiger partial charge in [0.05, 0.1) is 17.8 Å². The van der Waals surface area contributed by atoms with Crippen LogP contribution in [0, 0.1) is 0 Å². The Labute approximate surface area is 195 Å². The number of aromatic nitrogens is 3. The number of thioether (sulfide) groups is 1. The lowest BCUT2D eigenvalue weighted by molar-refractivity contribution is 0.415. The van der Waals surface area contributed by atoms with E-state index in [1.54, 1.807) is 18.9 Å². The normalized spacial score (nSPS) is 11.1. The lowest BCUT2D eigenvalue weighted by atomic mass is 10.1. The van der Waals surface area contributed by atoms with Crippen LogP contribution in [-0.4, -0.2) is 21.9 Å². The second-order valence-corrected chi connectivity index (χ2v) is 8.60. The van der Waals surface area contributed by atoms with Crippen molar-refractivity contribution in [3.63, 3.8) is 0 Å². The van der Waals surface area contributed by atoms with Gasteiger partial charge in [-0.1, -0.05) is 96.2 Å². The molecule has 4 aromatic carbocycles. The minimum Gasteiger partial charge on any atom is -0.495 e. The van der Waals surface area contributed by atoms with Crippen molar-refractivity contribution in [1.29, 1.82) is 0 Å². The molecule has 0 saturated heterocycles. The van der Waals surface area contributed by atoms with Crippen molar-refractivity contribution in [3.05, 3.63) is 102 Å². The van der Waals surface area contributed by atoms with E-state index in [1.165, 1.54) is 16.3 Å². The molecule has 5 aromatic rings. The van der Waals surface area contributed by atoms with Crippen LogP contribution < -0.4 is 4.74 Å². The second kappa shape index (κ2) is 9.07. The monoisotopic (exact) mass is 457 g/mol. The third-order valence-electron chi connectivity index (χ3n) is 5.30. The summed E-state index contributed by atoms with van der Waals surface area (Å²) < 4.78 is 7.38. The minimum atomic E-state index is 0.544. The van der Waals surface area contributed by atoms with Gasteiger partial charge in [-0.15, -0.1) is 10.2 Å². The standard InChI is InChI=1S/C26H20ClN3OS/c1-31-24-15-14-21(16-23(24)27)30-25(19-9-3-2-4-10-19)28-29-26(30)32-17-20-12-7-11-18-8-5-6-13-22(18)20/h2-16H,17H2,1H3. The zero-order valence-corrected chi connectivity index (χ0v) is 19.0. The highest BCUT2D eigenvalue weighted by Crippen LogP contribution is 2.34. The smallest absolute Gasteiger partial charge is 0.196 e. The average Bonchev–Trinajstić information content (AvgIpc) is 3.27. The SMILES string of the molecule is COc1ccc(-n2c(SCc3cccc4ccccc34)nnc2-c2ccccc2)cc1Cl. The van der Waals surface area contributed by atoms with Crippen molar-refractivity contribution in [2.24, 2.45) is 0 Å². The molecule has 0 atom stereocenters. The van der Waals surface area contributed by atoms with E-state index >= 15 is 0 Å². The Morgan fingerprint density at radius 3 is 2.47 bits per heavy atom. The molecule has 158 valence electrons. The van der Waals surface area contributed by atoms with Gasteiger partial charge in [0.2, 0.25) is 0 Å². The maximum Gasteiger partial charge on any atom is 0.196 e. The summed E-state index contributed by atoms with van der Waals surface area (Å²) in [6.07, 6.45) is 0. The van der Waals surface area contributed by atoms with E-state index in [2.05, 4.69) is 57.2 Å². The van der Waals surface area contributed by atoms with Crippen molar-refractivity contribution in [3.8, 4) is 22.8 Å². The Kier molecular flexibility index (Phi) is 5.84. The zero-order valence-electron chi connectivity index (χ0n) is 17.4.